The Hall–Kier alpha value is -10.2. The summed E-state index contributed by atoms with van der Waals surface area (Å²) in [7, 11) is 0. The van der Waals surface area contributed by atoms with Gasteiger partial charge in [-0.2, -0.15) is 0 Å². The van der Waals surface area contributed by atoms with Gasteiger partial charge >= 0.3 is 11.9 Å². The maximum absolute atomic E-state index is 13.7. The first-order chi connectivity index (χ1) is 35.5. The van der Waals surface area contributed by atoms with E-state index in [2.05, 4.69) is 21.3 Å². The van der Waals surface area contributed by atoms with Gasteiger partial charge in [-0.3, -0.25) is 28.8 Å². The summed E-state index contributed by atoms with van der Waals surface area (Å²) >= 11 is 0. The van der Waals surface area contributed by atoms with Crippen molar-refractivity contribution in [3.05, 3.63) is 190 Å². The topological polar surface area (TPSA) is 304 Å². The second kappa shape index (κ2) is 21.4. The molecule has 20 heteroatoms. The van der Waals surface area contributed by atoms with Crippen molar-refractivity contribution < 1.29 is 58.0 Å². The van der Waals surface area contributed by atoms with E-state index in [-0.39, 0.29) is 82.4 Å². The summed E-state index contributed by atoms with van der Waals surface area (Å²) in [6.45, 7) is 2.82. The second-order valence-corrected chi connectivity index (χ2v) is 16.7. The van der Waals surface area contributed by atoms with Gasteiger partial charge in [0.25, 0.3) is 23.6 Å². The van der Waals surface area contributed by atoms with Crippen molar-refractivity contribution in [3.8, 4) is 11.5 Å². The second-order valence-electron chi connectivity index (χ2n) is 16.7. The van der Waals surface area contributed by atoms with Crippen molar-refractivity contribution in [3.63, 3.8) is 0 Å². The molecule has 0 aliphatic heterocycles. The van der Waals surface area contributed by atoms with Crippen LogP contribution in [0.15, 0.2) is 134 Å². The van der Waals surface area contributed by atoms with Gasteiger partial charge in [0.05, 0.1) is 44.9 Å². The zero-order chi connectivity index (χ0) is 52.8. The van der Waals surface area contributed by atoms with Crippen LogP contribution in [-0.4, -0.2) is 92.5 Å². The van der Waals surface area contributed by atoms with Gasteiger partial charge in [0.1, 0.15) is 11.5 Å². The number of ketones is 2. The van der Waals surface area contributed by atoms with Crippen molar-refractivity contribution in [2.24, 2.45) is 0 Å². The molecule has 0 spiro atoms. The number of carboxylic acids is 2. The lowest BCUT2D eigenvalue weighted by Gasteiger charge is -2.10. The van der Waals surface area contributed by atoms with Gasteiger partial charge in [-0.15, -0.1) is 0 Å². The molecule has 0 aliphatic rings. The molecule has 10 N–H and O–H groups in total. The lowest BCUT2D eigenvalue weighted by Crippen LogP contribution is -2.38. The molecule has 0 aliphatic carbocycles. The van der Waals surface area contributed by atoms with E-state index in [0.717, 1.165) is 0 Å². The highest BCUT2D eigenvalue weighted by atomic mass is 16.5. The molecule has 0 radical (unpaired) electrons. The number of nitrogens with zero attached hydrogens (tertiary/aromatic N) is 2. The van der Waals surface area contributed by atoms with Crippen molar-refractivity contribution >= 4 is 80.9 Å². The third kappa shape index (κ3) is 10.6. The smallest absolute Gasteiger partial charge is 0.337 e. The Morgan fingerprint density at radius 2 is 0.865 bits per heavy atom. The Morgan fingerprint density at radius 3 is 1.23 bits per heavy atom. The number of anilines is 4. The highest BCUT2D eigenvalue weighted by Gasteiger charge is 2.26. The van der Waals surface area contributed by atoms with Crippen molar-refractivity contribution in [2.75, 3.05) is 48.4 Å². The number of fused-ring (bicyclic) bond motifs is 2. The van der Waals surface area contributed by atoms with E-state index in [1.54, 1.807) is 71.4 Å². The molecule has 0 saturated heterocycles. The van der Waals surface area contributed by atoms with Crippen LogP contribution in [0.3, 0.4) is 0 Å². The van der Waals surface area contributed by atoms with Crippen LogP contribution in [0.4, 0.5) is 22.7 Å². The number of nitrogen functional groups attached to an aromatic ring is 2. The lowest BCUT2D eigenvalue weighted by atomic mass is 10.0. The number of carbonyl (C=O) groups excluding carboxylic acids is 6. The standard InChI is InChI=1S/C54H46N8O12/c1-29-45(41-7-3-5-23-61(41)47(29)49(65)33-13-19-39(55)37(25-33)53(69)70)59-51(67)31-9-15-35(16-10-31)73-27-43(63)57-21-22-58-44(64)28-74-36-17-11-32(12-18-36)52(68)60-46-30(2)48(62-24-6-4-8-42(46)62)50(66)34-14-20-40(56)38(26-34)54(71)72/h3-20,23-26H,21-22,27-28,55-56H2,1-2H3,(H,57,63)(H,58,64)(H,59,67)(H,60,68)(H,69,70)(H,71,72). The number of carboxylic acid groups (broad SMARTS) is 2. The van der Waals surface area contributed by atoms with Crippen LogP contribution in [-0.2, 0) is 9.59 Å². The number of pyridine rings is 2. The first-order valence-electron chi connectivity index (χ1n) is 22.7. The summed E-state index contributed by atoms with van der Waals surface area (Å²) in [6.07, 6.45) is 3.33. The van der Waals surface area contributed by atoms with Gasteiger partial charge in [0, 0.05) is 70.2 Å². The summed E-state index contributed by atoms with van der Waals surface area (Å²) in [6, 6.07) is 30.6. The van der Waals surface area contributed by atoms with Crippen LogP contribution in [0.5, 0.6) is 11.5 Å². The summed E-state index contributed by atoms with van der Waals surface area (Å²) in [5, 5.41) is 30.1. The molecule has 4 amide bonds. The van der Waals surface area contributed by atoms with Crippen molar-refractivity contribution in [1.29, 1.82) is 0 Å². The van der Waals surface area contributed by atoms with E-state index in [0.29, 0.717) is 45.0 Å². The fourth-order valence-corrected chi connectivity index (χ4v) is 8.16. The van der Waals surface area contributed by atoms with E-state index < -0.39 is 47.1 Å². The van der Waals surface area contributed by atoms with Crippen LogP contribution in [0, 0.1) is 13.8 Å². The molecule has 0 unspecified atom stereocenters. The van der Waals surface area contributed by atoms with Crippen LogP contribution < -0.4 is 42.2 Å². The molecule has 0 atom stereocenters. The van der Waals surface area contributed by atoms with Gasteiger partial charge in [-0.1, -0.05) is 12.1 Å². The molecule has 8 aromatic rings. The zero-order valence-electron chi connectivity index (χ0n) is 39.6. The first kappa shape index (κ1) is 50.2. The fourth-order valence-electron chi connectivity index (χ4n) is 8.16. The molecular weight excluding hydrogens is 953 g/mol. The quantitative estimate of drug-likeness (QED) is 0.0261. The molecule has 20 nitrogen and oxygen atoms in total. The molecular formula is C54H46N8O12. The number of amides is 4. The molecule has 8 rings (SSSR count). The van der Waals surface area contributed by atoms with Gasteiger partial charge in [-0.05, 0) is 123 Å². The van der Waals surface area contributed by atoms with E-state index >= 15 is 0 Å². The summed E-state index contributed by atoms with van der Waals surface area (Å²) in [5.74, 6) is -4.77. The Labute approximate surface area is 420 Å². The Kier molecular flexibility index (Phi) is 14.5. The predicted molar refractivity (Wildman–Crippen MR) is 273 cm³/mol. The van der Waals surface area contributed by atoms with Crippen LogP contribution >= 0.6 is 0 Å². The Morgan fingerprint density at radius 1 is 0.500 bits per heavy atom. The summed E-state index contributed by atoms with van der Waals surface area (Å²) < 4.78 is 14.4. The van der Waals surface area contributed by atoms with Crippen LogP contribution in [0.25, 0.3) is 11.0 Å². The van der Waals surface area contributed by atoms with E-state index in [4.69, 9.17) is 20.9 Å². The average Bonchev–Trinajstić information content (AvgIpc) is 3.83. The molecule has 0 saturated carbocycles. The maximum atomic E-state index is 13.7. The monoisotopic (exact) mass is 998 g/mol. The van der Waals surface area contributed by atoms with Gasteiger partial charge in [0.2, 0.25) is 11.6 Å². The SMILES string of the molecule is Cc1c(NC(=O)c2ccc(OCC(=O)NCCNC(=O)COc3ccc(C(=O)Nc4c(C)c(C(=O)c5ccc(N)c(C(=O)O)c5)n5ccccc45)cc3)cc2)c2ccccn2c1C(=O)c1ccc(N)c(C(=O)O)c1. The molecule has 4 heterocycles. The van der Waals surface area contributed by atoms with E-state index in [9.17, 15) is 48.6 Å². The summed E-state index contributed by atoms with van der Waals surface area (Å²) in [5.41, 5.74) is 15.2. The molecule has 4 aromatic heterocycles. The minimum absolute atomic E-state index is 0.0179. The number of aromatic carboxylic acids is 2. The third-order valence-electron chi connectivity index (χ3n) is 11.9. The van der Waals surface area contributed by atoms with E-state index in [1.807, 2.05) is 0 Å². The predicted octanol–water partition coefficient (Wildman–Crippen LogP) is 6.03. The molecule has 0 fully saturated rings. The molecule has 74 heavy (non-hydrogen) atoms. The van der Waals surface area contributed by atoms with Gasteiger partial charge in [-0.25, -0.2) is 9.59 Å². The number of nitrogens with one attached hydrogen (secondary N) is 4. The van der Waals surface area contributed by atoms with Crippen molar-refractivity contribution in [1.82, 2.24) is 19.4 Å². The van der Waals surface area contributed by atoms with Gasteiger partial charge in [0.15, 0.2) is 13.2 Å². The fraction of sp³-hybridized carbons (Fsp3) is 0.111. The molecule has 0 bridgehead atoms. The van der Waals surface area contributed by atoms with E-state index in [1.165, 1.54) is 84.9 Å². The maximum Gasteiger partial charge on any atom is 0.337 e. The first-order valence-corrected chi connectivity index (χ1v) is 22.7. The van der Waals surface area contributed by atoms with Gasteiger partial charge < -0.3 is 61.2 Å². The minimum Gasteiger partial charge on any atom is -0.484 e. The number of benzene rings is 4. The number of ether oxygens (including phenoxy) is 2. The number of hydrogen-bond acceptors (Lipinski definition) is 12. The number of nitrogens with two attached hydrogens (primary N) is 2. The largest absolute Gasteiger partial charge is 0.484 e. The Bertz CT molecular complexity index is 3350. The van der Waals surface area contributed by atoms with Crippen molar-refractivity contribution in [2.45, 2.75) is 13.8 Å². The number of aromatic nitrogens is 2. The van der Waals surface area contributed by atoms with Crippen LogP contribution in [0.2, 0.25) is 0 Å². The number of rotatable bonds is 19. The summed E-state index contributed by atoms with van der Waals surface area (Å²) in [4.78, 5) is 103. The lowest BCUT2D eigenvalue weighted by molar-refractivity contribution is -0.124. The normalized spacial score (nSPS) is 10.9. The van der Waals surface area contributed by atoms with Crippen LogP contribution in [0.1, 0.15) is 84.7 Å². The highest BCUT2D eigenvalue weighted by Crippen LogP contribution is 2.33. The molecule has 374 valence electrons. The average molecular weight is 999 g/mol. The Balaban J connectivity index is 0.772. The number of carbonyl (C=O) groups is 8. The third-order valence-corrected chi connectivity index (χ3v) is 11.9. The molecule has 4 aromatic carbocycles. The highest BCUT2D eigenvalue weighted by molar-refractivity contribution is 6.16. The zero-order valence-corrected chi connectivity index (χ0v) is 39.6. The minimum atomic E-state index is -1.27. The number of hydrogen-bond donors (Lipinski definition) is 8.